The molecule has 0 aliphatic rings. The summed E-state index contributed by atoms with van der Waals surface area (Å²) in [5.74, 6) is 0.823. The molecular formula is C30H28N4O2S. The molecule has 2 aromatic heterocycles. The van der Waals surface area contributed by atoms with Crippen LogP contribution < -0.4 is 10.1 Å². The summed E-state index contributed by atoms with van der Waals surface area (Å²) in [6, 6.07) is 28.4. The summed E-state index contributed by atoms with van der Waals surface area (Å²) < 4.78 is 5.65. The lowest BCUT2D eigenvalue weighted by atomic mass is 10.0. The van der Waals surface area contributed by atoms with Gasteiger partial charge in [0.2, 0.25) is 0 Å². The van der Waals surface area contributed by atoms with Crippen LogP contribution in [0.4, 0.5) is 10.6 Å². The number of fused-ring (bicyclic) bond motifs is 1. The average molecular weight is 509 g/mol. The molecule has 3 aromatic carbocycles. The number of ether oxygens (including phenoxy) is 1. The van der Waals surface area contributed by atoms with Crippen molar-refractivity contribution in [2.24, 2.45) is 0 Å². The number of thiophene rings is 1. The fraction of sp³-hybridized carbons (Fsp3) is 0.167. The maximum Gasteiger partial charge on any atom is 0.416 e. The second-order valence-corrected chi connectivity index (χ2v) is 10.0. The summed E-state index contributed by atoms with van der Waals surface area (Å²) in [6.45, 7) is 5.05. The number of benzene rings is 3. The first-order valence-electron chi connectivity index (χ1n) is 12.2. The number of hydrogen-bond acceptors (Lipinski definition) is 6. The Kier molecular flexibility index (Phi) is 7.42. The molecule has 1 amide bonds. The topological polar surface area (TPSA) is 67.4 Å². The number of hydrogen-bond donors (Lipinski definition) is 1. The molecule has 0 radical (unpaired) electrons. The number of carbonyl (C=O) groups excluding carboxylic acids is 1. The van der Waals surface area contributed by atoms with Gasteiger partial charge in [-0.15, -0.1) is 11.3 Å². The third-order valence-electron chi connectivity index (χ3n) is 5.85. The van der Waals surface area contributed by atoms with Gasteiger partial charge in [0.1, 0.15) is 12.1 Å². The lowest BCUT2D eigenvalue weighted by Gasteiger charge is -2.22. The van der Waals surface area contributed by atoms with Gasteiger partial charge in [-0.1, -0.05) is 54.6 Å². The second kappa shape index (κ2) is 11.2. The number of rotatable bonds is 8. The zero-order chi connectivity index (χ0) is 25.6. The van der Waals surface area contributed by atoms with Crippen LogP contribution in [0.3, 0.4) is 0 Å². The maximum absolute atomic E-state index is 13.1. The van der Waals surface area contributed by atoms with Crippen molar-refractivity contribution in [3.8, 4) is 16.2 Å². The molecule has 1 N–H and O–H groups in total. The second-order valence-electron chi connectivity index (χ2n) is 9.10. The van der Waals surface area contributed by atoms with E-state index in [2.05, 4.69) is 53.4 Å². The molecule has 37 heavy (non-hydrogen) atoms. The number of aromatic nitrogens is 2. The molecule has 2 heterocycles. The molecule has 0 saturated carbocycles. The van der Waals surface area contributed by atoms with Gasteiger partial charge in [0.15, 0.2) is 5.06 Å². The van der Waals surface area contributed by atoms with E-state index in [0.29, 0.717) is 18.2 Å². The highest BCUT2D eigenvalue weighted by Crippen LogP contribution is 2.28. The van der Waals surface area contributed by atoms with Gasteiger partial charge in [0.05, 0.1) is 5.52 Å². The van der Waals surface area contributed by atoms with Gasteiger partial charge in [-0.05, 0) is 71.8 Å². The summed E-state index contributed by atoms with van der Waals surface area (Å²) in [6.07, 6.45) is 1.22. The lowest BCUT2D eigenvalue weighted by Crippen LogP contribution is -2.32. The molecule has 0 aliphatic carbocycles. The minimum atomic E-state index is -0.371. The Bertz CT molecular complexity index is 1490. The molecular weight excluding hydrogens is 480 g/mol. The van der Waals surface area contributed by atoms with Crippen LogP contribution in [0.25, 0.3) is 22.0 Å². The van der Waals surface area contributed by atoms with Gasteiger partial charge in [-0.2, -0.15) is 0 Å². The Morgan fingerprint density at radius 1 is 0.892 bits per heavy atom. The molecule has 0 saturated heterocycles. The van der Waals surface area contributed by atoms with Crippen molar-refractivity contribution in [2.75, 3.05) is 5.32 Å². The number of amides is 1. The molecule has 5 rings (SSSR count). The van der Waals surface area contributed by atoms with Gasteiger partial charge in [0.25, 0.3) is 0 Å². The van der Waals surface area contributed by atoms with Crippen molar-refractivity contribution in [2.45, 2.75) is 33.0 Å². The number of nitrogens with one attached hydrogen (secondary N) is 1. The summed E-state index contributed by atoms with van der Waals surface area (Å²) in [7, 11) is 0. The Morgan fingerprint density at radius 3 is 2.46 bits per heavy atom. The van der Waals surface area contributed by atoms with Gasteiger partial charge >= 0.3 is 6.09 Å². The van der Waals surface area contributed by atoms with Crippen LogP contribution in [-0.2, 0) is 13.1 Å². The highest BCUT2D eigenvalue weighted by Gasteiger charge is 2.18. The average Bonchev–Trinajstić information content (AvgIpc) is 3.42. The van der Waals surface area contributed by atoms with Gasteiger partial charge in [-0.3, -0.25) is 4.90 Å². The Balaban J connectivity index is 1.43. The van der Waals surface area contributed by atoms with Crippen LogP contribution >= 0.6 is 11.3 Å². The van der Waals surface area contributed by atoms with Crippen molar-refractivity contribution in [1.29, 1.82) is 0 Å². The number of nitrogens with zero attached hydrogens (tertiary/aromatic N) is 3. The summed E-state index contributed by atoms with van der Waals surface area (Å²) in [5.41, 5.74) is 5.07. The highest BCUT2D eigenvalue weighted by atomic mass is 32.1. The van der Waals surface area contributed by atoms with Gasteiger partial charge in [-0.25, -0.2) is 14.8 Å². The van der Waals surface area contributed by atoms with E-state index < -0.39 is 0 Å². The molecule has 186 valence electrons. The Labute approximate surface area is 220 Å². The maximum atomic E-state index is 13.1. The minimum absolute atomic E-state index is 0.259. The lowest BCUT2D eigenvalue weighted by molar-refractivity contribution is 0.147. The molecule has 7 heteroatoms. The number of anilines is 1. The molecule has 0 bridgehead atoms. The SMILES string of the molecule is CC(C)Nc1ncnc2ccc(-c3cccc(CN(Cc4ccccc4)C(=O)Oc4cccs4)c3)cc12. The van der Waals surface area contributed by atoms with Crippen LogP contribution in [0.2, 0.25) is 0 Å². The highest BCUT2D eigenvalue weighted by molar-refractivity contribution is 7.11. The quantitative estimate of drug-likeness (QED) is 0.237. The zero-order valence-corrected chi connectivity index (χ0v) is 21.6. The van der Waals surface area contributed by atoms with Crippen molar-refractivity contribution >= 4 is 34.2 Å². The van der Waals surface area contributed by atoms with E-state index in [1.165, 1.54) is 11.3 Å². The standard InChI is InChI=1S/C30H28N4O2S/c1-21(2)33-29-26-17-25(13-14-27(26)31-20-32-29)24-11-6-10-23(16-24)19-34(18-22-8-4-3-5-9-22)30(35)36-28-12-7-15-37-28/h3-17,20-21H,18-19H2,1-2H3,(H,31,32,33). The van der Waals surface area contributed by atoms with Crippen molar-refractivity contribution in [1.82, 2.24) is 14.9 Å². The molecule has 6 nitrogen and oxygen atoms in total. The van der Waals surface area contributed by atoms with E-state index >= 15 is 0 Å². The van der Waals surface area contributed by atoms with Crippen LogP contribution in [-0.4, -0.2) is 27.0 Å². The first-order chi connectivity index (χ1) is 18.0. The minimum Gasteiger partial charge on any atom is -0.399 e. The Morgan fingerprint density at radius 2 is 1.68 bits per heavy atom. The fourth-order valence-corrected chi connectivity index (χ4v) is 4.72. The summed E-state index contributed by atoms with van der Waals surface area (Å²) >= 11 is 1.40. The normalized spacial score (nSPS) is 11.0. The van der Waals surface area contributed by atoms with Gasteiger partial charge < -0.3 is 10.1 Å². The molecule has 0 aliphatic heterocycles. The van der Waals surface area contributed by atoms with E-state index in [9.17, 15) is 4.79 Å². The van der Waals surface area contributed by atoms with Crippen molar-refractivity contribution in [3.05, 3.63) is 108 Å². The van der Waals surface area contributed by atoms with E-state index in [1.807, 2.05) is 60.0 Å². The summed E-state index contributed by atoms with van der Waals surface area (Å²) in [5, 5.41) is 6.86. The third kappa shape index (κ3) is 6.13. The fourth-order valence-electron chi connectivity index (χ4n) is 4.16. The van der Waals surface area contributed by atoms with Crippen LogP contribution in [0.1, 0.15) is 25.0 Å². The molecule has 0 unspecified atom stereocenters. The van der Waals surface area contributed by atoms with E-state index in [4.69, 9.17) is 4.74 Å². The molecule has 0 spiro atoms. The van der Waals surface area contributed by atoms with E-state index in [0.717, 1.165) is 39.0 Å². The predicted octanol–water partition coefficient (Wildman–Crippen LogP) is 7.38. The van der Waals surface area contributed by atoms with Crippen LogP contribution in [0.5, 0.6) is 5.06 Å². The summed E-state index contributed by atoms with van der Waals surface area (Å²) in [4.78, 5) is 23.7. The van der Waals surface area contributed by atoms with Crippen molar-refractivity contribution < 1.29 is 9.53 Å². The zero-order valence-electron chi connectivity index (χ0n) is 20.8. The smallest absolute Gasteiger partial charge is 0.399 e. The molecule has 5 aromatic rings. The predicted molar refractivity (Wildman–Crippen MR) is 150 cm³/mol. The van der Waals surface area contributed by atoms with Crippen LogP contribution in [0, 0.1) is 0 Å². The molecule has 0 atom stereocenters. The first kappa shape index (κ1) is 24.5. The first-order valence-corrected chi connectivity index (χ1v) is 13.1. The molecule has 0 fully saturated rings. The third-order valence-corrected chi connectivity index (χ3v) is 6.60. The number of carbonyl (C=O) groups is 1. The van der Waals surface area contributed by atoms with Crippen LogP contribution in [0.15, 0.2) is 96.6 Å². The van der Waals surface area contributed by atoms with Gasteiger partial charge in [0, 0.05) is 24.5 Å². The van der Waals surface area contributed by atoms with E-state index in [-0.39, 0.29) is 12.1 Å². The van der Waals surface area contributed by atoms with Crippen molar-refractivity contribution in [3.63, 3.8) is 0 Å². The largest absolute Gasteiger partial charge is 0.416 e. The van der Waals surface area contributed by atoms with E-state index in [1.54, 1.807) is 17.3 Å². The monoisotopic (exact) mass is 508 g/mol. The Hall–Kier alpha value is -4.23.